The van der Waals surface area contributed by atoms with Crippen molar-refractivity contribution in [1.29, 1.82) is 0 Å². The zero-order chi connectivity index (χ0) is 14.5. The van der Waals surface area contributed by atoms with Gasteiger partial charge >= 0.3 is 0 Å². The molecule has 20 heavy (non-hydrogen) atoms. The molecule has 0 aliphatic heterocycles. The van der Waals surface area contributed by atoms with Crippen LogP contribution < -0.4 is 5.32 Å². The first-order chi connectivity index (χ1) is 9.54. The van der Waals surface area contributed by atoms with Crippen LogP contribution in [0.15, 0.2) is 36.4 Å². The van der Waals surface area contributed by atoms with Gasteiger partial charge in [0.25, 0.3) is 0 Å². The van der Waals surface area contributed by atoms with Crippen molar-refractivity contribution in [2.45, 2.75) is 32.7 Å². The van der Waals surface area contributed by atoms with E-state index < -0.39 is 0 Å². The van der Waals surface area contributed by atoms with E-state index in [0.29, 0.717) is 5.56 Å². The van der Waals surface area contributed by atoms with Crippen LogP contribution in [0.1, 0.15) is 22.2 Å². The monoisotopic (exact) mass is 289 g/mol. The van der Waals surface area contributed by atoms with Crippen molar-refractivity contribution in [1.82, 2.24) is 5.32 Å². The number of carbonyl (C=O) groups excluding carboxylic acids is 1. The van der Waals surface area contributed by atoms with E-state index >= 15 is 0 Å². The lowest BCUT2D eigenvalue weighted by Gasteiger charge is -2.13. The van der Waals surface area contributed by atoms with Crippen LogP contribution in [0, 0.1) is 6.92 Å². The Morgan fingerprint density at radius 1 is 1.30 bits per heavy atom. The molecule has 0 aliphatic carbocycles. The largest absolute Gasteiger partial charge is 0.508 e. The number of aromatic hydroxyl groups is 1. The molecular formula is C16H19NO2S. The Morgan fingerprint density at radius 3 is 2.70 bits per heavy atom. The maximum Gasteiger partial charge on any atom is 0.224 e. The molecule has 0 spiro atoms. The summed E-state index contributed by atoms with van der Waals surface area (Å²) in [6, 6.07) is 11.2. The SMILES string of the molecule is Cc1ccc(CC(C)NC(=O)Cc2ccccc2O)s1. The maximum absolute atomic E-state index is 12.0. The molecule has 106 valence electrons. The Hall–Kier alpha value is -1.81. The number of thiophene rings is 1. The maximum atomic E-state index is 12.0. The first kappa shape index (κ1) is 14.6. The fraction of sp³-hybridized carbons (Fsp3) is 0.312. The highest BCUT2D eigenvalue weighted by Gasteiger charge is 2.11. The van der Waals surface area contributed by atoms with E-state index in [1.807, 2.05) is 13.0 Å². The summed E-state index contributed by atoms with van der Waals surface area (Å²) in [5.74, 6) is 0.108. The number of carbonyl (C=O) groups is 1. The molecule has 0 fully saturated rings. The van der Waals surface area contributed by atoms with Gasteiger partial charge < -0.3 is 10.4 Å². The van der Waals surface area contributed by atoms with Gasteiger partial charge in [-0.3, -0.25) is 4.79 Å². The van der Waals surface area contributed by atoms with Gasteiger partial charge in [-0.05, 0) is 32.0 Å². The molecule has 1 aromatic carbocycles. The summed E-state index contributed by atoms with van der Waals surface area (Å²) in [5, 5.41) is 12.6. The second kappa shape index (κ2) is 6.57. The Labute approximate surface area is 123 Å². The number of aryl methyl sites for hydroxylation is 1. The van der Waals surface area contributed by atoms with Crippen LogP contribution in [-0.2, 0) is 17.6 Å². The van der Waals surface area contributed by atoms with Crippen LogP contribution in [0.2, 0.25) is 0 Å². The fourth-order valence-corrected chi connectivity index (χ4v) is 3.13. The molecule has 0 aliphatic rings. The number of phenolic OH excluding ortho intramolecular Hbond substituents is 1. The molecule has 0 saturated carbocycles. The molecule has 1 atom stereocenters. The van der Waals surface area contributed by atoms with E-state index in [4.69, 9.17) is 0 Å². The average molecular weight is 289 g/mol. The van der Waals surface area contributed by atoms with Crippen LogP contribution in [-0.4, -0.2) is 17.1 Å². The van der Waals surface area contributed by atoms with Gasteiger partial charge in [0.1, 0.15) is 5.75 Å². The Bertz CT molecular complexity index is 592. The van der Waals surface area contributed by atoms with Crippen molar-refractivity contribution in [3.05, 3.63) is 51.7 Å². The normalized spacial score (nSPS) is 12.1. The lowest BCUT2D eigenvalue weighted by Crippen LogP contribution is -2.34. The molecule has 0 saturated heterocycles. The molecule has 1 heterocycles. The molecule has 2 N–H and O–H groups in total. The third-order valence-corrected chi connectivity index (χ3v) is 4.08. The van der Waals surface area contributed by atoms with E-state index in [1.165, 1.54) is 9.75 Å². The van der Waals surface area contributed by atoms with Gasteiger partial charge in [-0.1, -0.05) is 18.2 Å². The smallest absolute Gasteiger partial charge is 0.224 e. The quantitative estimate of drug-likeness (QED) is 0.889. The fourth-order valence-electron chi connectivity index (χ4n) is 2.11. The van der Waals surface area contributed by atoms with E-state index in [0.717, 1.165) is 6.42 Å². The van der Waals surface area contributed by atoms with E-state index in [-0.39, 0.29) is 24.1 Å². The van der Waals surface area contributed by atoms with Crippen LogP contribution in [0.3, 0.4) is 0 Å². The minimum Gasteiger partial charge on any atom is -0.508 e. The molecule has 0 bridgehead atoms. The summed E-state index contributed by atoms with van der Waals surface area (Å²) >= 11 is 1.76. The highest BCUT2D eigenvalue weighted by atomic mass is 32.1. The Kier molecular flexibility index (Phi) is 4.79. The van der Waals surface area contributed by atoms with Gasteiger partial charge in [-0.15, -0.1) is 11.3 Å². The van der Waals surface area contributed by atoms with Crippen LogP contribution in [0.5, 0.6) is 5.75 Å². The van der Waals surface area contributed by atoms with Crippen molar-refractivity contribution >= 4 is 17.2 Å². The third-order valence-electron chi connectivity index (χ3n) is 3.05. The van der Waals surface area contributed by atoms with Gasteiger partial charge in [0, 0.05) is 27.8 Å². The molecule has 0 radical (unpaired) electrons. The van der Waals surface area contributed by atoms with Crippen molar-refractivity contribution in [2.75, 3.05) is 0 Å². The standard InChI is InChI=1S/C16H19NO2S/c1-11(9-14-8-7-12(2)20-14)17-16(19)10-13-5-3-4-6-15(13)18/h3-8,11,18H,9-10H2,1-2H3,(H,17,19). The minimum atomic E-state index is -0.0627. The lowest BCUT2D eigenvalue weighted by atomic mass is 10.1. The predicted molar refractivity (Wildman–Crippen MR) is 82.2 cm³/mol. The highest BCUT2D eigenvalue weighted by Crippen LogP contribution is 2.18. The van der Waals surface area contributed by atoms with Crippen LogP contribution in [0.4, 0.5) is 0 Å². The third kappa shape index (κ3) is 4.10. The number of para-hydroxylation sites is 1. The van der Waals surface area contributed by atoms with Crippen molar-refractivity contribution in [2.24, 2.45) is 0 Å². The number of hydrogen-bond donors (Lipinski definition) is 2. The molecule has 1 amide bonds. The number of benzene rings is 1. The number of amides is 1. The molecule has 2 rings (SSSR count). The molecule has 1 aromatic heterocycles. The number of nitrogens with one attached hydrogen (secondary N) is 1. The van der Waals surface area contributed by atoms with Crippen LogP contribution in [0.25, 0.3) is 0 Å². The topological polar surface area (TPSA) is 49.3 Å². The average Bonchev–Trinajstić information content (AvgIpc) is 2.77. The van der Waals surface area contributed by atoms with Crippen molar-refractivity contribution in [3.63, 3.8) is 0 Å². The summed E-state index contributed by atoms with van der Waals surface area (Å²) in [4.78, 5) is 14.5. The predicted octanol–water partition coefficient (Wildman–Crippen LogP) is 3.05. The number of hydrogen-bond acceptors (Lipinski definition) is 3. The highest BCUT2D eigenvalue weighted by molar-refractivity contribution is 7.11. The van der Waals surface area contributed by atoms with Gasteiger partial charge in [-0.25, -0.2) is 0 Å². The van der Waals surface area contributed by atoms with Crippen LogP contribution >= 0.6 is 11.3 Å². The zero-order valence-corrected chi connectivity index (χ0v) is 12.5. The zero-order valence-electron chi connectivity index (χ0n) is 11.7. The minimum absolute atomic E-state index is 0.0627. The Morgan fingerprint density at radius 2 is 2.05 bits per heavy atom. The Balaban J connectivity index is 1.86. The van der Waals surface area contributed by atoms with E-state index in [9.17, 15) is 9.90 Å². The second-order valence-electron chi connectivity index (χ2n) is 4.99. The van der Waals surface area contributed by atoms with Gasteiger partial charge in [0.2, 0.25) is 5.91 Å². The first-order valence-corrected chi connectivity index (χ1v) is 7.48. The van der Waals surface area contributed by atoms with Crippen molar-refractivity contribution in [3.8, 4) is 5.75 Å². The van der Waals surface area contributed by atoms with E-state index in [2.05, 4.69) is 24.4 Å². The van der Waals surface area contributed by atoms with Gasteiger partial charge in [0.05, 0.1) is 6.42 Å². The summed E-state index contributed by atoms with van der Waals surface area (Å²) in [7, 11) is 0. The molecule has 3 nitrogen and oxygen atoms in total. The van der Waals surface area contributed by atoms with E-state index in [1.54, 1.807) is 29.5 Å². The molecule has 2 aromatic rings. The van der Waals surface area contributed by atoms with Gasteiger partial charge in [-0.2, -0.15) is 0 Å². The molecule has 4 heteroatoms. The van der Waals surface area contributed by atoms with Crippen molar-refractivity contribution < 1.29 is 9.90 Å². The summed E-state index contributed by atoms with van der Waals surface area (Å²) in [5.41, 5.74) is 0.657. The summed E-state index contributed by atoms with van der Waals surface area (Å²) in [6.07, 6.45) is 1.05. The summed E-state index contributed by atoms with van der Waals surface area (Å²) in [6.45, 7) is 4.08. The number of rotatable bonds is 5. The van der Waals surface area contributed by atoms with Gasteiger partial charge in [0.15, 0.2) is 0 Å². The molecule has 1 unspecified atom stereocenters. The first-order valence-electron chi connectivity index (χ1n) is 6.66. The molecular weight excluding hydrogens is 270 g/mol. The summed E-state index contributed by atoms with van der Waals surface area (Å²) < 4.78 is 0. The second-order valence-corrected chi connectivity index (χ2v) is 6.36. The lowest BCUT2D eigenvalue weighted by molar-refractivity contribution is -0.121. The number of phenols is 1.